The van der Waals surface area contributed by atoms with E-state index in [-0.39, 0.29) is 10.6 Å². The van der Waals surface area contributed by atoms with E-state index >= 15 is 0 Å². The van der Waals surface area contributed by atoms with Crippen LogP contribution in [0.4, 0.5) is 5.69 Å². The van der Waals surface area contributed by atoms with Crippen LogP contribution in [-0.2, 0) is 0 Å². The van der Waals surface area contributed by atoms with Crippen LogP contribution in [0.15, 0.2) is 18.2 Å². The molecule has 0 saturated carbocycles. The summed E-state index contributed by atoms with van der Waals surface area (Å²) >= 11 is 0. The van der Waals surface area contributed by atoms with E-state index in [4.69, 9.17) is 5.21 Å². The smallest absolute Gasteiger partial charge is 0.317 e. The number of benzene rings is 1. The van der Waals surface area contributed by atoms with Gasteiger partial charge in [-0.25, -0.2) is 5.21 Å². The zero-order chi connectivity index (χ0) is 11.0. The summed E-state index contributed by atoms with van der Waals surface area (Å²) < 4.78 is 0. The second-order valence-corrected chi connectivity index (χ2v) is 3.28. The number of hydrogen-bond acceptors (Lipinski definition) is 2. The summed E-state index contributed by atoms with van der Waals surface area (Å²) in [5, 5.41) is 9.37. The fourth-order valence-electron chi connectivity index (χ4n) is 1.61. The zero-order valence-corrected chi connectivity index (χ0v) is 8.02. The van der Waals surface area contributed by atoms with Crippen molar-refractivity contribution < 1.29 is 14.9 Å². The summed E-state index contributed by atoms with van der Waals surface area (Å²) in [4.78, 5) is 24.3. The molecule has 2 rings (SSSR count). The molecule has 0 aliphatic carbocycles. The molecular formula is C10H9N2O3+. The van der Waals surface area contributed by atoms with E-state index in [1.807, 2.05) is 0 Å². The fraction of sp³-hybridized carbons (Fsp3) is 0.100. The molecule has 0 atom stereocenters. The minimum absolute atomic E-state index is 0.101. The van der Waals surface area contributed by atoms with Crippen molar-refractivity contribution >= 4 is 22.9 Å². The van der Waals surface area contributed by atoms with Crippen molar-refractivity contribution in [2.24, 2.45) is 0 Å². The number of aromatic amines is 1. The van der Waals surface area contributed by atoms with Crippen molar-refractivity contribution in [3.05, 3.63) is 34.4 Å². The third kappa shape index (κ3) is 1.38. The number of fused-ring (bicyclic) bond motifs is 1. The van der Waals surface area contributed by atoms with E-state index in [1.165, 1.54) is 12.1 Å². The number of aldehydes is 1. The Morgan fingerprint density at radius 1 is 1.47 bits per heavy atom. The molecule has 0 unspecified atom stereocenters. The lowest BCUT2D eigenvalue weighted by molar-refractivity contribution is -0.729. The van der Waals surface area contributed by atoms with Gasteiger partial charge in [0.1, 0.15) is 0 Å². The number of H-pyrrole nitrogens is 1. The summed E-state index contributed by atoms with van der Waals surface area (Å²) in [6.07, 6.45) is 0.727. The van der Waals surface area contributed by atoms with Gasteiger partial charge in [0, 0.05) is 34.3 Å². The fourth-order valence-corrected chi connectivity index (χ4v) is 1.61. The van der Waals surface area contributed by atoms with Gasteiger partial charge in [-0.1, -0.05) is 0 Å². The first-order valence-corrected chi connectivity index (χ1v) is 4.37. The Kier molecular flexibility index (Phi) is 2.00. The van der Waals surface area contributed by atoms with E-state index in [2.05, 4.69) is 4.98 Å². The van der Waals surface area contributed by atoms with Crippen molar-refractivity contribution in [3.63, 3.8) is 0 Å². The zero-order valence-electron chi connectivity index (χ0n) is 8.02. The van der Waals surface area contributed by atoms with E-state index in [0.29, 0.717) is 10.9 Å². The van der Waals surface area contributed by atoms with Crippen molar-refractivity contribution in [1.29, 1.82) is 0 Å². The molecule has 0 fully saturated rings. The second kappa shape index (κ2) is 3.20. The maximum absolute atomic E-state index is 10.8. The lowest BCUT2D eigenvalue weighted by atomic mass is 10.1. The van der Waals surface area contributed by atoms with E-state index in [0.717, 1.165) is 17.5 Å². The topological polar surface area (TPSA) is 73.2 Å². The van der Waals surface area contributed by atoms with Crippen LogP contribution in [0.3, 0.4) is 0 Å². The number of aromatic nitrogens is 1. The predicted molar refractivity (Wildman–Crippen MR) is 53.5 cm³/mol. The van der Waals surface area contributed by atoms with Gasteiger partial charge in [0.15, 0.2) is 6.29 Å². The molecule has 0 aliphatic heterocycles. The number of carbonyl (C=O) groups excluding carboxylic acids is 1. The number of nitrogens with zero attached hydrogens (tertiary/aromatic N) is 1. The summed E-state index contributed by atoms with van der Waals surface area (Å²) in [6, 6.07) is 4.58. The van der Waals surface area contributed by atoms with Gasteiger partial charge in [-0.3, -0.25) is 4.79 Å². The third-order valence-electron chi connectivity index (χ3n) is 2.36. The highest BCUT2D eigenvalue weighted by Gasteiger charge is 2.15. The Hall–Kier alpha value is -2.17. The van der Waals surface area contributed by atoms with Crippen molar-refractivity contribution in [3.8, 4) is 0 Å². The number of hydrogen-bond donors (Lipinski definition) is 2. The van der Waals surface area contributed by atoms with E-state index in [9.17, 15) is 9.70 Å². The number of nitrogens with one attached hydrogen (secondary N) is 1. The molecule has 0 spiro atoms. The minimum Gasteiger partial charge on any atom is -0.358 e. The van der Waals surface area contributed by atoms with Gasteiger partial charge in [0.05, 0.1) is 4.91 Å². The average Bonchev–Trinajstić information content (AvgIpc) is 2.51. The maximum atomic E-state index is 10.8. The van der Waals surface area contributed by atoms with Crippen LogP contribution >= 0.6 is 0 Å². The van der Waals surface area contributed by atoms with E-state index < -0.39 is 0 Å². The van der Waals surface area contributed by atoms with Crippen LogP contribution in [-0.4, -0.2) is 21.4 Å². The van der Waals surface area contributed by atoms with Gasteiger partial charge >= 0.3 is 5.69 Å². The van der Waals surface area contributed by atoms with Gasteiger partial charge in [-0.05, 0) is 13.0 Å². The number of rotatable bonds is 2. The predicted octanol–water partition coefficient (Wildman–Crippen LogP) is 2.09. The molecule has 0 radical (unpaired) electrons. The van der Waals surface area contributed by atoms with Gasteiger partial charge in [-0.2, -0.15) is 0 Å². The highest BCUT2D eigenvalue weighted by molar-refractivity contribution is 5.99. The van der Waals surface area contributed by atoms with Crippen LogP contribution in [0.25, 0.3) is 10.9 Å². The summed E-state index contributed by atoms with van der Waals surface area (Å²) in [6.45, 7) is 1.78. The van der Waals surface area contributed by atoms with Crippen molar-refractivity contribution in [2.75, 3.05) is 0 Å². The molecule has 1 heterocycles. The molecule has 15 heavy (non-hydrogen) atoms. The van der Waals surface area contributed by atoms with Gasteiger partial charge in [-0.15, -0.1) is 0 Å². The maximum Gasteiger partial charge on any atom is 0.317 e. The van der Waals surface area contributed by atoms with E-state index in [1.54, 1.807) is 13.0 Å². The normalized spacial score (nSPS) is 10.5. The molecule has 76 valence electrons. The van der Waals surface area contributed by atoms with Crippen LogP contribution in [0.5, 0.6) is 0 Å². The summed E-state index contributed by atoms with van der Waals surface area (Å²) in [5.74, 6) is 0. The van der Waals surface area contributed by atoms with Gasteiger partial charge in [0.2, 0.25) is 0 Å². The standard InChI is InChI=1S/C10H8N2O3/c1-6-9(5-13)8-4-7(12(14)15)2-3-10(8)11-6/h2-5H,1H3,(H-,11,13,14,15)/p+1. The molecule has 0 bridgehead atoms. The second-order valence-electron chi connectivity index (χ2n) is 3.28. The first-order chi connectivity index (χ1) is 7.13. The van der Waals surface area contributed by atoms with Gasteiger partial charge in [0.25, 0.3) is 4.92 Å². The lowest BCUT2D eigenvalue weighted by Gasteiger charge is -1.89. The monoisotopic (exact) mass is 205 g/mol. The summed E-state index contributed by atoms with van der Waals surface area (Å²) in [5.41, 5.74) is 2.12. The molecule has 2 aromatic rings. The Morgan fingerprint density at radius 3 is 2.80 bits per heavy atom. The molecule has 1 aromatic carbocycles. The third-order valence-corrected chi connectivity index (χ3v) is 2.36. The van der Waals surface area contributed by atoms with Crippen LogP contribution < -0.4 is 0 Å². The van der Waals surface area contributed by atoms with Crippen LogP contribution in [0.2, 0.25) is 0 Å². The number of carbonyl (C=O) groups is 1. The molecule has 2 N–H and O–H groups in total. The Labute approximate surface area is 84.9 Å². The van der Waals surface area contributed by atoms with Gasteiger partial charge < -0.3 is 4.98 Å². The molecule has 5 heteroatoms. The average molecular weight is 205 g/mol. The highest BCUT2D eigenvalue weighted by atomic mass is 16.6. The van der Waals surface area contributed by atoms with Crippen molar-refractivity contribution in [2.45, 2.75) is 6.92 Å². The molecule has 0 amide bonds. The van der Waals surface area contributed by atoms with Crippen LogP contribution in [0, 0.1) is 11.8 Å². The van der Waals surface area contributed by atoms with Crippen LogP contribution in [0.1, 0.15) is 16.1 Å². The SMILES string of the molecule is Cc1[nH]c2ccc([N+](=O)O)cc2c1C=O. The first kappa shape index (κ1) is 9.39. The molecule has 0 aliphatic rings. The molecule has 5 nitrogen and oxygen atoms in total. The number of aryl methyl sites for hydroxylation is 1. The lowest BCUT2D eigenvalue weighted by Crippen LogP contribution is -1.91. The Morgan fingerprint density at radius 2 is 2.20 bits per heavy atom. The quantitative estimate of drug-likeness (QED) is 0.582. The first-order valence-electron chi connectivity index (χ1n) is 4.37. The Balaban J connectivity index is 2.78. The minimum atomic E-state index is -0.226. The summed E-state index contributed by atoms with van der Waals surface area (Å²) in [7, 11) is 0. The molecule has 1 aromatic heterocycles. The highest BCUT2D eigenvalue weighted by Crippen LogP contribution is 2.24. The molecular weight excluding hydrogens is 196 g/mol. The largest absolute Gasteiger partial charge is 0.358 e. The Bertz CT molecular complexity index is 557. The van der Waals surface area contributed by atoms with Crippen molar-refractivity contribution in [1.82, 2.24) is 4.98 Å². The molecule has 0 saturated heterocycles.